The van der Waals surface area contributed by atoms with Crippen LogP contribution in [0.4, 0.5) is 5.69 Å². The molecule has 0 aliphatic rings. The smallest absolute Gasteiger partial charge is 0.261 e. The molecule has 0 aliphatic heterocycles. The Morgan fingerprint density at radius 1 is 0.880 bits per heavy atom. The molecule has 0 saturated carbocycles. The molecule has 4 nitrogen and oxygen atoms in total. The fraction of sp³-hybridized carbons (Fsp3) is 0. The number of carbonyl (C=O) groups excluding carboxylic acids is 1. The number of halogens is 3. The summed E-state index contributed by atoms with van der Waals surface area (Å²) >= 11 is 17.6. The van der Waals surface area contributed by atoms with Crippen LogP contribution in [0.5, 0.6) is 0 Å². The molecule has 3 rings (SSSR count). The molecule has 0 saturated heterocycles. The standard InChI is InChI=1S/C18H11Cl3N2O2/c19-11-3-1-10(2-4-11)16-8-6-13(18(25)23-16)17(24)22-12-5-7-14(20)15(21)9-12/h1-9H,(H,22,24)(H,23,25). The second-order valence-electron chi connectivity index (χ2n) is 5.20. The zero-order chi connectivity index (χ0) is 18.0. The van der Waals surface area contributed by atoms with Gasteiger partial charge in [0, 0.05) is 16.4 Å². The summed E-state index contributed by atoms with van der Waals surface area (Å²) in [5, 5.41) is 3.91. The molecular formula is C18H11Cl3N2O2. The molecule has 1 amide bonds. The number of H-pyrrole nitrogens is 1. The van der Waals surface area contributed by atoms with Crippen molar-refractivity contribution < 1.29 is 4.79 Å². The molecule has 0 aliphatic carbocycles. The third kappa shape index (κ3) is 4.04. The Hall–Kier alpha value is -2.27. The Balaban J connectivity index is 1.85. The number of pyridine rings is 1. The van der Waals surface area contributed by atoms with Crippen molar-refractivity contribution in [3.8, 4) is 11.3 Å². The number of benzene rings is 2. The van der Waals surface area contributed by atoms with E-state index in [1.165, 1.54) is 12.1 Å². The van der Waals surface area contributed by atoms with Gasteiger partial charge in [-0.2, -0.15) is 0 Å². The largest absolute Gasteiger partial charge is 0.322 e. The minimum absolute atomic E-state index is 0.0104. The molecule has 2 aromatic carbocycles. The van der Waals surface area contributed by atoms with Gasteiger partial charge < -0.3 is 10.3 Å². The van der Waals surface area contributed by atoms with E-state index in [1.54, 1.807) is 42.5 Å². The van der Waals surface area contributed by atoms with Crippen LogP contribution in [0.2, 0.25) is 15.1 Å². The molecule has 2 N–H and O–H groups in total. The number of anilines is 1. The van der Waals surface area contributed by atoms with E-state index in [9.17, 15) is 9.59 Å². The summed E-state index contributed by atoms with van der Waals surface area (Å²) in [7, 11) is 0. The van der Waals surface area contributed by atoms with Gasteiger partial charge in [-0.25, -0.2) is 0 Å². The fourth-order valence-corrected chi connectivity index (χ4v) is 2.65. The van der Waals surface area contributed by atoms with E-state index >= 15 is 0 Å². The van der Waals surface area contributed by atoms with E-state index in [0.717, 1.165) is 5.56 Å². The number of hydrogen-bond acceptors (Lipinski definition) is 2. The first kappa shape index (κ1) is 17.5. The maximum Gasteiger partial charge on any atom is 0.261 e. The van der Waals surface area contributed by atoms with E-state index < -0.39 is 11.5 Å². The Labute approximate surface area is 158 Å². The van der Waals surface area contributed by atoms with Gasteiger partial charge in [-0.1, -0.05) is 46.9 Å². The summed E-state index contributed by atoms with van der Waals surface area (Å²) in [6.45, 7) is 0. The Kier molecular flexibility index (Phi) is 5.13. The van der Waals surface area contributed by atoms with Crippen molar-refractivity contribution in [2.24, 2.45) is 0 Å². The first-order chi connectivity index (χ1) is 11.9. The van der Waals surface area contributed by atoms with Crippen molar-refractivity contribution in [2.45, 2.75) is 0 Å². The Morgan fingerprint density at radius 3 is 2.24 bits per heavy atom. The van der Waals surface area contributed by atoms with Crippen molar-refractivity contribution in [1.29, 1.82) is 0 Å². The molecule has 3 aromatic rings. The molecule has 0 unspecified atom stereocenters. The highest BCUT2D eigenvalue weighted by Gasteiger charge is 2.12. The molecule has 1 heterocycles. The molecule has 1 aromatic heterocycles. The van der Waals surface area contributed by atoms with E-state index in [2.05, 4.69) is 10.3 Å². The number of hydrogen-bond donors (Lipinski definition) is 2. The Morgan fingerprint density at radius 2 is 1.60 bits per heavy atom. The highest BCUT2D eigenvalue weighted by atomic mass is 35.5. The maximum absolute atomic E-state index is 12.3. The summed E-state index contributed by atoms with van der Waals surface area (Å²) < 4.78 is 0. The summed E-state index contributed by atoms with van der Waals surface area (Å²) in [6, 6.07) is 14.8. The van der Waals surface area contributed by atoms with Gasteiger partial charge in [0.05, 0.1) is 10.0 Å². The maximum atomic E-state index is 12.3. The highest BCUT2D eigenvalue weighted by Crippen LogP contribution is 2.25. The lowest BCUT2D eigenvalue weighted by molar-refractivity contribution is 0.102. The topological polar surface area (TPSA) is 62.0 Å². The van der Waals surface area contributed by atoms with Crippen LogP contribution in [-0.2, 0) is 0 Å². The van der Waals surface area contributed by atoms with Gasteiger partial charge in [0.2, 0.25) is 0 Å². The number of rotatable bonds is 3. The number of aromatic nitrogens is 1. The quantitative estimate of drug-likeness (QED) is 0.638. The zero-order valence-electron chi connectivity index (χ0n) is 12.6. The number of carbonyl (C=O) groups is 1. The average molecular weight is 394 g/mol. The third-order valence-electron chi connectivity index (χ3n) is 3.49. The number of amides is 1. The van der Waals surface area contributed by atoms with Gasteiger partial charge in [0.25, 0.3) is 11.5 Å². The van der Waals surface area contributed by atoms with Crippen LogP contribution in [0.15, 0.2) is 59.4 Å². The lowest BCUT2D eigenvalue weighted by Crippen LogP contribution is -2.23. The van der Waals surface area contributed by atoms with Crippen molar-refractivity contribution >= 4 is 46.4 Å². The van der Waals surface area contributed by atoms with Crippen molar-refractivity contribution in [3.05, 3.63) is 85.6 Å². The lowest BCUT2D eigenvalue weighted by Gasteiger charge is -2.07. The lowest BCUT2D eigenvalue weighted by atomic mass is 10.1. The second-order valence-corrected chi connectivity index (χ2v) is 6.46. The average Bonchev–Trinajstić information content (AvgIpc) is 2.58. The van der Waals surface area contributed by atoms with Crippen LogP contribution in [-0.4, -0.2) is 10.9 Å². The van der Waals surface area contributed by atoms with Gasteiger partial charge >= 0.3 is 0 Å². The monoisotopic (exact) mass is 392 g/mol. The molecular weight excluding hydrogens is 383 g/mol. The third-order valence-corrected chi connectivity index (χ3v) is 4.48. The van der Waals surface area contributed by atoms with Crippen LogP contribution in [0.3, 0.4) is 0 Å². The number of nitrogens with one attached hydrogen (secondary N) is 2. The van der Waals surface area contributed by atoms with Gasteiger partial charge in [-0.15, -0.1) is 0 Å². The van der Waals surface area contributed by atoms with Gasteiger partial charge in [0.15, 0.2) is 0 Å². The summed E-state index contributed by atoms with van der Waals surface area (Å²) in [5.74, 6) is -0.540. The van der Waals surface area contributed by atoms with Crippen LogP contribution < -0.4 is 10.9 Å². The summed E-state index contributed by atoms with van der Waals surface area (Å²) in [6.07, 6.45) is 0. The van der Waals surface area contributed by atoms with Crippen LogP contribution >= 0.6 is 34.8 Å². The first-order valence-corrected chi connectivity index (χ1v) is 8.33. The van der Waals surface area contributed by atoms with Crippen LogP contribution in [0.1, 0.15) is 10.4 Å². The number of aromatic amines is 1. The molecule has 0 atom stereocenters. The van der Waals surface area contributed by atoms with E-state index in [0.29, 0.717) is 26.4 Å². The summed E-state index contributed by atoms with van der Waals surface area (Å²) in [4.78, 5) is 27.2. The molecule has 7 heteroatoms. The first-order valence-electron chi connectivity index (χ1n) is 7.20. The predicted octanol–water partition coefficient (Wildman–Crippen LogP) is 5.25. The van der Waals surface area contributed by atoms with Gasteiger partial charge in [0.1, 0.15) is 5.56 Å². The van der Waals surface area contributed by atoms with E-state index in [1.807, 2.05) is 0 Å². The van der Waals surface area contributed by atoms with Crippen molar-refractivity contribution in [1.82, 2.24) is 4.98 Å². The van der Waals surface area contributed by atoms with E-state index in [-0.39, 0.29) is 5.56 Å². The molecule has 25 heavy (non-hydrogen) atoms. The van der Waals surface area contributed by atoms with Gasteiger partial charge in [-0.05, 0) is 48.0 Å². The van der Waals surface area contributed by atoms with Gasteiger partial charge in [-0.3, -0.25) is 9.59 Å². The van der Waals surface area contributed by atoms with Crippen molar-refractivity contribution in [3.63, 3.8) is 0 Å². The zero-order valence-corrected chi connectivity index (χ0v) is 14.9. The summed E-state index contributed by atoms with van der Waals surface area (Å²) in [5.41, 5.74) is 1.32. The molecule has 0 radical (unpaired) electrons. The fourth-order valence-electron chi connectivity index (χ4n) is 2.22. The molecule has 0 bridgehead atoms. The van der Waals surface area contributed by atoms with E-state index in [4.69, 9.17) is 34.8 Å². The van der Waals surface area contributed by atoms with Crippen LogP contribution in [0.25, 0.3) is 11.3 Å². The second kappa shape index (κ2) is 7.31. The SMILES string of the molecule is O=C(Nc1ccc(Cl)c(Cl)c1)c1ccc(-c2ccc(Cl)cc2)[nH]c1=O. The molecule has 0 fully saturated rings. The minimum atomic E-state index is -0.540. The van der Waals surface area contributed by atoms with Crippen molar-refractivity contribution in [2.75, 3.05) is 5.32 Å². The highest BCUT2D eigenvalue weighted by molar-refractivity contribution is 6.42. The normalized spacial score (nSPS) is 10.5. The Bertz CT molecular complexity index is 998. The molecule has 126 valence electrons. The van der Waals surface area contributed by atoms with Crippen LogP contribution in [0, 0.1) is 0 Å². The molecule has 0 spiro atoms. The minimum Gasteiger partial charge on any atom is -0.322 e. The predicted molar refractivity (Wildman–Crippen MR) is 102 cm³/mol.